The monoisotopic (exact) mass is 445 g/mol. The molecule has 4 aromatic rings. The minimum Gasteiger partial charge on any atom is -0.493 e. The number of nitrogens with one attached hydrogen (secondary N) is 1. The van der Waals surface area contributed by atoms with E-state index in [9.17, 15) is 18.0 Å². The van der Waals surface area contributed by atoms with Crippen LogP contribution in [0.2, 0.25) is 0 Å². The first-order valence-electron chi connectivity index (χ1n) is 9.43. The topological polar surface area (TPSA) is 78.5 Å². The molecule has 2 aromatic heterocycles. The molecule has 0 aliphatic rings. The number of amides is 1. The van der Waals surface area contributed by atoms with E-state index in [1.54, 1.807) is 22.8 Å². The number of aromatic nitrogens is 2. The second kappa shape index (κ2) is 8.29. The molecule has 0 aliphatic heterocycles. The van der Waals surface area contributed by atoms with E-state index >= 15 is 0 Å². The third kappa shape index (κ3) is 4.11. The Labute approximate surface area is 180 Å². The van der Waals surface area contributed by atoms with E-state index in [-0.39, 0.29) is 23.6 Å². The van der Waals surface area contributed by atoms with E-state index in [2.05, 4.69) is 10.3 Å². The summed E-state index contributed by atoms with van der Waals surface area (Å²) in [6.45, 7) is 0.163. The van der Waals surface area contributed by atoms with Gasteiger partial charge in [0.2, 0.25) is 5.95 Å². The second-order valence-electron chi connectivity index (χ2n) is 6.83. The van der Waals surface area contributed by atoms with Crippen LogP contribution >= 0.6 is 0 Å². The van der Waals surface area contributed by atoms with Gasteiger partial charge < -0.3 is 18.5 Å². The molecule has 0 spiro atoms. The fourth-order valence-electron chi connectivity index (χ4n) is 3.27. The molecular weight excluding hydrogens is 427 g/mol. The first-order chi connectivity index (χ1) is 15.3. The molecule has 166 valence electrons. The number of anilines is 1. The Kier molecular flexibility index (Phi) is 5.52. The first kappa shape index (κ1) is 21.3. The standard InChI is InChI=1S/C22H18F3N3O4/c1-30-18-8-5-13(10-19(18)31-2)20(29)27-21-26-16-11-14(22(23,24)25)6-7-17(16)28(21)12-15-4-3-9-32-15/h3-11H,12H2,1-2H3,(H,26,27,29). The summed E-state index contributed by atoms with van der Waals surface area (Å²) in [6.07, 6.45) is -3.03. The Morgan fingerprint density at radius 1 is 1.09 bits per heavy atom. The largest absolute Gasteiger partial charge is 0.493 e. The lowest BCUT2D eigenvalue weighted by molar-refractivity contribution is -0.137. The number of methoxy groups -OCH3 is 2. The van der Waals surface area contributed by atoms with Gasteiger partial charge in [-0.15, -0.1) is 0 Å². The van der Waals surface area contributed by atoms with E-state index in [0.717, 1.165) is 12.1 Å². The smallest absolute Gasteiger partial charge is 0.416 e. The van der Waals surface area contributed by atoms with Crippen molar-refractivity contribution in [2.24, 2.45) is 0 Å². The van der Waals surface area contributed by atoms with Crippen LogP contribution in [0.5, 0.6) is 11.5 Å². The van der Waals surface area contributed by atoms with Crippen molar-refractivity contribution in [2.75, 3.05) is 19.5 Å². The van der Waals surface area contributed by atoms with Crippen LogP contribution in [0.15, 0.2) is 59.2 Å². The summed E-state index contributed by atoms with van der Waals surface area (Å²) in [5.41, 5.74) is -0.0633. The highest BCUT2D eigenvalue weighted by atomic mass is 19.4. The average molecular weight is 445 g/mol. The van der Waals surface area contributed by atoms with Crippen LogP contribution in [-0.2, 0) is 12.7 Å². The maximum absolute atomic E-state index is 13.2. The van der Waals surface area contributed by atoms with Crippen molar-refractivity contribution in [1.82, 2.24) is 9.55 Å². The molecule has 0 atom stereocenters. The first-order valence-corrected chi connectivity index (χ1v) is 9.43. The number of rotatable bonds is 6. The van der Waals surface area contributed by atoms with Gasteiger partial charge in [0.25, 0.3) is 5.91 Å². The lowest BCUT2D eigenvalue weighted by Gasteiger charge is -2.11. The average Bonchev–Trinajstić information content (AvgIpc) is 3.40. The van der Waals surface area contributed by atoms with Crippen molar-refractivity contribution < 1.29 is 31.9 Å². The summed E-state index contributed by atoms with van der Waals surface area (Å²) >= 11 is 0. The molecule has 2 aromatic carbocycles. The maximum atomic E-state index is 13.2. The highest BCUT2D eigenvalue weighted by Gasteiger charge is 2.31. The van der Waals surface area contributed by atoms with Crippen LogP contribution in [0.25, 0.3) is 11.0 Å². The highest BCUT2D eigenvalue weighted by molar-refractivity contribution is 6.04. The zero-order chi connectivity index (χ0) is 22.9. The number of carbonyl (C=O) groups excluding carboxylic acids is 1. The fourth-order valence-corrected chi connectivity index (χ4v) is 3.27. The summed E-state index contributed by atoms with van der Waals surface area (Å²) < 4.78 is 56.8. The lowest BCUT2D eigenvalue weighted by atomic mass is 10.2. The number of fused-ring (bicyclic) bond motifs is 1. The molecule has 7 nitrogen and oxygen atoms in total. The Balaban J connectivity index is 1.74. The minimum absolute atomic E-state index is 0.0792. The van der Waals surface area contributed by atoms with Gasteiger partial charge in [-0.1, -0.05) is 0 Å². The van der Waals surface area contributed by atoms with Crippen molar-refractivity contribution in [3.05, 3.63) is 71.7 Å². The van der Waals surface area contributed by atoms with Gasteiger partial charge >= 0.3 is 6.18 Å². The van der Waals surface area contributed by atoms with Gasteiger partial charge in [-0.05, 0) is 48.5 Å². The molecule has 0 saturated heterocycles. The SMILES string of the molecule is COc1ccc(C(=O)Nc2nc3cc(C(F)(F)F)ccc3n2Cc2ccco2)cc1OC. The maximum Gasteiger partial charge on any atom is 0.416 e. The predicted molar refractivity (Wildman–Crippen MR) is 110 cm³/mol. The van der Waals surface area contributed by atoms with Gasteiger partial charge in [0.1, 0.15) is 5.76 Å². The molecule has 0 saturated carbocycles. The summed E-state index contributed by atoms with van der Waals surface area (Å²) in [5.74, 6) is 0.923. The fraction of sp³-hybridized carbons (Fsp3) is 0.182. The summed E-state index contributed by atoms with van der Waals surface area (Å²) in [5, 5.41) is 2.67. The van der Waals surface area contributed by atoms with E-state index in [0.29, 0.717) is 22.8 Å². The normalized spacial score (nSPS) is 11.5. The van der Waals surface area contributed by atoms with Crippen LogP contribution in [-0.4, -0.2) is 29.7 Å². The molecule has 0 unspecified atom stereocenters. The molecule has 2 heterocycles. The van der Waals surface area contributed by atoms with Crippen LogP contribution < -0.4 is 14.8 Å². The van der Waals surface area contributed by atoms with Crippen molar-refractivity contribution in [3.8, 4) is 11.5 Å². The molecule has 32 heavy (non-hydrogen) atoms. The number of imidazole rings is 1. The van der Waals surface area contributed by atoms with Gasteiger partial charge in [-0.2, -0.15) is 13.2 Å². The summed E-state index contributed by atoms with van der Waals surface area (Å²) in [4.78, 5) is 17.1. The molecule has 1 amide bonds. The number of furan rings is 1. The number of hydrogen-bond donors (Lipinski definition) is 1. The Bertz CT molecular complexity index is 1260. The zero-order valence-electron chi connectivity index (χ0n) is 17.1. The van der Waals surface area contributed by atoms with E-state index < -0.39 is 17.6 Å². The number of benzene rings is 2. The van der Waals surface area contributed by atoms with Gasteiger partial charge in [-0.25, -0.2) is 4.98 Å². The minimum atomic E-state index is -4.51. The van der Waals surface area contributed by atoms with Crippen LogP contribution in [0.1, 0.15) is 21.7 Å². The Morgan fingerprint density at radius 3 is 2.53 bits per heavy atom. The van der Waals surface area contributed by atoms with E-state index in [1.807, 2.05) is 0 Å². The molecule has 0 radical (unpaired) electrons. The Hall–Kier alpha value is -3.95. The number of halogens is 3. The number of ether oxygens (including phenoxy) is 2. The second-order valence-corrected chi connectivity index (χ2v) is 6.83. The van der Waals surface area contributed by atoms with Crippen LogP contribution in [0.3, 0.4) is 0 Å². The number of hydrogen-bond acceptors (Lipinski definition) is 5. The highest BCUT2D eigenvalue weighted by Crippen LogP contribution is 2.33. The molecule has 10 heteroatoms. The van der Waals surface area contributed by atoms with Gasteiger partial charge in [0.15, 0.2) is 11.5 Å². The Morgan fingerprint density at radius 2 is 1.88 bits per heavy atom. The third-order valence-electron chi connectivity index (χ3n) is 4.84. The molecule has 4 rings (SSSR count). The molecule has 0 fully saturated rings. The molecule has 0 bridgehead atoms. The number of alkyl halides is 3. The van der Waals surface area contributed by atoms with Gasteiger partial charge in [0.05, 0.1) is 43.6 Å². The molecule has 0 aliphatic carbocycles. The predicted octanol–water partition coefficient (Wildman–Crippen LogP) is 4.97. The lowest BCUT2D eigenvalue weighted by Crippen LogP contribution is -2.16. The van der Waals surface area contributed by atoms with E-state index in [4.69, 9.17) is 13.9 Å². The molecule has 1 N–H and O–H groups in total. The van der Waals surface area contributed by atoms with Gasteiger partial charge in [0, 0.05) is 5.56 Å². The summed E-state index contributed by atoms with van der Waals surface area (Å²) in [6, 6.07) is 11.3. The number of carbonyl (C=O) groups is 1. The van der Waals surface area contributed by atoms with Crippen molar-refractivity contribution >= 4 is 22.9 Å². The quantitative estimate of drug-likeness (QED) is 0.454. The van der Waals surface area contributed by atoms with E-state index in [1.165, 1.54) is 38.7 Å². The van der Waals surface area contributed by atoms with Gasteiger partial charge in [-0.3, -0.25) is 10.1 Å². The van der Waals surface area contributed by atoms with Crippen molar-refractivity contribution in [2.45, 2.75) is 12.7 Å². The third-order valence-corrected chi connectivity index (χ3v) is 4.84. The van der Waals surface area contributed by atoms with Crippen LogP contribution in [0, 0.1) is 0 Å². The number of nitrogens with zero attached hydrogens (tertiary/aromatic N) is 2. The summed E-state index contributed by atoms with van der Waals surface area (Å²) in [7, 11) is 2.92. The van der Waals surface area contributed by atoms with Crippen molar-refractivity contribution in [1.29, 1.82) is 0 Å². The van der Waals surface area contributed by atoms with Crippen molar-refractivity contribution in [3.63, 3.8) is 0 Å². The molecular formula is C22H18F3N3O4. The zero-order valence-corrected chi connectivity index (χ0v) is 17.1. The van der Waals surface area contributed by atoms with Crippen LogP contribution in [0.4, 0.5) is 19.1 Å².